The number of nitrogens with one attached hydrogen (secondary N) is 1. The molecule has 1 unspecified atom stereocenters. The summed E-state index contributed by atoms with van der Waals surface area (Å²) in [5.41, 5.74) is -0.342. The minimum absolute atomic E-state index is 0.0936. The van der Waals surface area contributed by atoms with Crippen molar-refractivity contribution < 1.29 is 14.3 Å². The van der Waals surface area contributed by atoms with E-state index in [1.54, 1.807) is 0 Å². The Labute approximate surface area is 120 Å². The Bertz CT molecular complexity index is 413. The number of hydrogen-bond acceptors (Lipinski definition) is 4. The summed E-state index contributed by atoms with van der Waals surface area (Å²) in [4.78, 5) is 12.2. The summed E-state index contributed by atoms with van der Waals surface area (Å²) in [6.45, 7) is 4.46. The van der Waals surface area contributed by atoms with Crippen molar-refractivity contribution in [3.05, 3.63) is 30.3 Å². The summed E-state index contributed by atoms with van der Waals surface area (Å²) in [6.07, 6.45) is 2.76. The van der Waals surface area contributed by atoms with Crippen molar-refractivity contribution in [3.63, 3.8) is 0 Å². The molecule has 0 saturated carbocycles. The number of benzene rings is 1. The Balaban J connectivity index is 1.74. The highest BCUT2D eigenvalue weighted by atomic mass is 16.6. The van der Waals surface area contributed by atoms with Crippen molar-refractivity contribution in [2.24, 2.45) is 5.41 Å². The van der Waals surface area contributed by atoms with E-state index in [1.165, 1.54) is 0 Å². The molecule has 0 aliphatic carbocycles. The molecular formula is C16H23NO3. The number of ether oxygens (including phenoxy) is 2. The topological polar surface area (TPSA) is 47.6 Å². The quantitative estimate of drug-likeness (QED) is 0.640. The van der Waals surface area contributed by atoms with Crippen molar-refractivity contribution in [1.29, 1.82) is 0 Å². The van der Waals surface area contributed by atoms with Gasteiger partial charge in [-0.1, -0.05) is 25.1 Å². The van der Waals surface area contributed by atoms with Gasteiger partial charge in [0.05, 0.1) is 5.41 Å². The summed E-state index contributed by atoms with van der Waals surface area (Å²) in [5.74, 6) is 0.706. The van der Waals surface area contributed by atoms with Crippen LogP contribution in [-0.2, 0) is 9.53 Å². The molecule has 0 radical (unpaired) electrons. The van der Waals surface area contributed by atoms with Crippen LogP contribution in [0.5, 0.6) is 5.75 Å². The van der Waals surface area contributed by atoms with E-state index in [0.717, 1.165) is 38.1 Å². The maximum absolute atomic E-state index is 12.2. The summed E-state index contributed by atoms with van der Waals surface area (Å²) in [7, 11) is 0. The number of piperidine rings is 1. The van der Waals surface area contributed by atoms with Gasteiger partial charge in [-0.2, -0.15) is 0 Å². The van der Waals surface area contributed by atoms with E-state index in [1.807, 2.05) is 30.3 Å². The third-order valence-electron chi connectivity index (χ3n) is 3.91. The first-order valence-electron chi connectivity index (χ1n) is 7.33. The highest BCUT2D eigenvalue weighted by Crippen LogP contribution is 2.31. The van der Waals surface area contributed by atoms with Gasteiger partial charge < -0.3 is 14.8 Å². The fraction of sp³-hybridized carbons (Fsp3) is 0.562. The number of hydrogen-bond donors (Lipinski definition) is 1. The van der Waals surface area contributed by atoms with Crippen LogP contribution in [0.3, 0.4) is 0 Å². The van der Waals surface area contributed by atoms with Crippen LogP contribution >= 0.6 is 0 Å². The van der Waals surface area contributed by atoms with Crippen molar-refractivity contribution >= 4 is 5.97 Å². The van der Waals surface area contributed by atoms with Crippen molar-refractivity contribution in [1.82, 2.24) is 5.32 Å². The molecule has 0 bridgehead atoms. The molecule has 2 rings (SSSR count). The smallest absolute Gasteiger partial charge is 0.313 e. The Morgan fingerprint density at radius 3 is 2.75 bits per heavy atom. The lowest BCUT2D eigenvalue weighted by atomic mass is 9.78. The first-order valence-corrected chi connectivity index (χ1v) is 7.33. The third kappa shape index (κ3) is 3.73. The molecule has 20 heavy (non-hydrogen) atoms. The minimum Gasteiger partial charge on any atom is -0.490 e. The van der Waals surface area contributed by atoms with Gasteiger partial charge in [-0.05, 0) is 37.9 Å². The Morgan fingerprint density at radius 1 is 1.30 bits per heavy atom. The molecule has 1 aliphatic heterocycles. The summed E-state index contributed by atoms with van der Waals surface area (Å²) >= 11 is 0. The average molecular weight is 277 g/mol. The number of carbonyl (C=O) groups is 1. The van der Waals surface area contributed by atoms with E-state index in [4.69, 9.17) is 9.47 Å². The number of esters is 1. The Kier molecular flexibility index (Phi) is 5.41. The molecule has 0 amide bonds. The summed E-state index contributed by atoms with van der Waals surface area (Å²) in [6, 6.07) is 9.55. The standard InChI is InChI=1S/C16H23NO3/c1-2-16(9-6-10-17-13-16)15(18)20-12-11-19-14-7-4-3-5-8-14/h3-5,7-8,17H,2,6,9-13H2,1H3. The second kappa shape index (κ2) is 7.29. The molecule has 1 aromatic rings. The number of rotatable bonds is 6. The molecule has 1 fully saturated rings. The molecule has 1 N–H and O–H groups in total. The predicted octanol–water partition coefficient (Wildman–Crippen LogP) is 2.39. The number of carbonyl (C=O) groups excluding carboxylic acids is 1. The zero-order valence-corrected chi connectivity index (χ0v) is 12.1. The van der Waals surface area contributed by atoms with Crippen LogP contribution in [0.15, 0.2) is 30.3 Å². The van der Waals surface area contributed by atoms with Gasteiger partial charge in [0.15, 0.2) is 0 Å². The summed E-state index contributed by atoms with van der Waals surface area (Å²) < 4.78 is 10.9. The van der Waals surface area contributed by atoms with Crippen LogP contribution < -0.4 is 10.1 Å². The largest absolute Gasteiger partial charge is 0.490 e. The van der Waals surface area contributed by atoms with Crippen LogP contribution in [0.4, 0.5) is 0 Å². The molecule has 110 valence electrons. The van der Waals surface area contributed by atoms with E-state index < -0.39 is 0 Å². The molecule has 1 aliphatic rings. The van der Waals surface area contributed by atoms with Gasteiger partial charge in [-0.3, -0.25) is 4.79 Å². The van der Waals surface area contributed by atoms with Gasteiger partial charge in [0, 0.05) is 6.54 Å². The lowest BCUT2D eigenvalue weighted by Gasteiger charge is -2.34. The SMILES string of the molecule is CCC1(C(=O)OCCOc2ccccc2)CCCNC1. The van der Waals surface area contributed by atoms with Crippen LogP contribution in [0.2, 0.25) is 0 Å². The number of para-hydroxylation sites is 1. The van der Waals surface area contributed by atoms with Crippen LogP contribution in [0.1, 0.15) is 26.2 Å². The lowest BCUT2D eigenvalue weighted by Crippen LogP contribution is -2.46. The maximum atomic E-state index is 12.2. The van der Waals surface area contributed by atoms with E-state index in [9.17, 15) is 4.79 Å². The zero-order chi connectivity index (χ0) is 14.3. The first-order chi connectivity index (χ1) is 9.77. The van der Waals surface area contributed by atoms with E-state index in [-0.39, 0.29) is 11.4 Å². The molecule has 1 aromatic carbocycles. The normalized spacial score (nSPS) is 22.2. The fourth-order valence-electron chi connectivity index (χ4n) is 2.55. The lowest BCUT2D eigenvalue weighted by molar-refractivity contribution is -0.158. The van der Waals surface area contributed by atoms with Crippen molar-refractivity contribution in [3.8, 4) is 5.75 Å². The molecule has 1 atom stereocenters. The average Bonchev–Trinajstić information content (AvgIpc) is 2.53. The van der Waals surface area contributed by atoms with Gasteiger partial charge >= 0.3 is 5.97 Å². The van der Waals surface area contributed by atoms with Crippen molar-refractivity contribution in [2.45, 2.75) is 26.2 Å². The van der Waals surface area contributed by atoms with Crippen LogP contribution in [0, 0.1) is 5.41 Å². The van der Waals surface area contributed by atoms with E-state index in [2.05, 4.69) is 12.2 Å². The van der Waals surface area contributed by atoms with Crippen molar-refractivity contribution in [2.75, 3.05) is 26.3 Å². The molecule has 1 saturated heterocycles. The second-order valence-corrected chi connectivity index (χ2v) is 5.21. The molecule has 0 aromatic heterocycles. The van der Waals surface area contributed by atoms with Gasteiger partial charge in [0.1, 0.15) is 19.0 Å². The zero-order valence-electron chi connectivity index (χ0n) is 12.1. The third-order valence-corrected chi connectivity index (χ3v) is 3.91. The highest BCUT2D eigenvalue weighted by molar-refractivity contribution is 5.77. The monoisotopic (exact) mass is 277 g/mol. The molecule has 4 nitrogen and oxygen atoms in total. The van der Waals surface area contributed by atoms with Gasteiger partial charge in [-0.15, -0.1) is 0 Å². The second-order valence-electron chi connectivity index (χ2n) is 5.21. The highest BCUT2D eigenvalue weighted by Gasteiger charge is 2.39. The Hall–Kier alpha value is -1.55. The van der Waals surface area contributed by atoms with Crippen LogP contribution in [0.25, 0.3) is 0 Å². The molecular weight excluding hydrogens is 254 g/mol. The molecule has 1 heterocycles. The van der Waals surface area contributed by atoms with Gasteiger partial charge in [0.2, 0.25) is 0 Å². The Morgan fingerprint density at radius 2 is 2.10 bits per heavy atom. The summed E-state index contributed by atoms with van der Waals surface area (Å²) in [5, 5.41) is 3.29. The predicted molar refractivity (Wildman–Crippen MR) is 77.7 cm³/mol. The van der Waals surface area contributed by atoms with Gasteiger partial charge in [-0.25, -0.2) is 0 Å². The van der Waals surface area contributed by atoms with Gasteiger partial charge in [0.25, 0.3) is 0 Å². The maximum Gasteiger partial charge on any atom is 0.313 e. The van der Waals surface area contributed by atoms with E-state index in [0.29, 0.717) is 13.2 Å². The fourth-order valence-corrected chi connectivity index (χ4v) is 2.55. The minimum atomic E-state index is -0.342. The first kappa shape index (κ1) is 14.9. The molecule has 0 spiro atoms. The van der Waals surface area contributed by atoms with Crippen LogP contribution in [-0.4, -0.2) is 32.3 Å². The molecule has 4 heteroatoms. The van der Waals surface area contributed by atoms with E-state index >= 15 is 0 Å².